The van der Waals surface area contributed by atoms with Crippen LogP contribution in [0.15, 0.2) is 24.3 Å². The number of halogens is 1. The zero-order valence-corrected chi connectivity index (χ0v) is 15.7. The fraction of sp³-hybridized carbons (Fsp3) is 0.600. The van der Waals surface area contributed by atoms with Crippen molar-refractivity contribution in [1.29, 1.82) is 0 Å². The van der Waals surface area contributed by atoms with Crippen LogP contribution in [0, 0.1) is 5.82 Å². The predicted molar refractivity (Wildman–Crippen MR) is 100.0 cm³/mol. The van der Waals surface area contributed by atoms with E-state index >= 15 is 0 Å². The van der Waals surface area contributed by atoms with Gasteiger partial charge in [-0.25, -0.2) is 4.39 Å². The van der Waals surface area contributed by atoms with Crippen molar-refractivity contribution in [3.8, 4) is 5.75 Å². The molecule has 2 amide bonds. The molecule has 2 heterocycles. The summed E-state index contributed by atoms with van der Waals surface area (Å²) < 4.78 is 18.6. The summed E-state index contributed by atoms with van der Waals surface area (Å²) in [6, 6.07) is 6.01. The number of piperazine rings is 1. The number of likely N-dealkylation sites (tertiary alicyclic amines) is 1. The van der Waals surface area contributed by atoms with Crippen LogP contribution in [-0.2, 0) is 9.59 Å². The Hall–Kier alpha value is -2.15. The number of hydrogen-bond acceptors (Lipinski definition) is 4. The number of benzene rings is 1. The second kappa shape index (κ2) is 9.69. The monoisotopic (exact) mass is 377 g/mol. The standard InChI is InChI=1S/C20H28FN3O3/c21-17-5-3-6-18(15-17)27-14-4-7-19(25)24-12-10-22(11-13-24)16-20(26)23-8-1-2-9-23/h3,5-6,15H,1-2,4,7-14,16H2. The largest absolute Gasteiger partial charge is 0.493 e. The summed E-state index contributed by atoms with van der Waals surface area (Å²) in [5.41, 5.74) is 0. The molecule has 27 heavy (non-hydrogen) atoms. The van der Waals surface area contributed by atoms with E-state index in [2.05, 4.69) is 4.90 Å². The fourth-order valence-electron chi connectivity index (χ4n) is 3.54. The third-order valence-electron chi connectivity index (χ3n) is 5.14. The first-order valence-electron chi connectivity index (χ1n) is 9.78. The number of amides is 2. The van der Waals surface area contributed by atoms with Gasteiger partial charge >= 0.3 is 0 Å². The minimum Gasteiger partial charge on any atom is -0.493 e. The maximum atomic E-state index is 13.1. The van der Waals surface area contributed by atoms with Crippen LogP contribution in [-0.4, -0.2) is 78.9 Å². The number of hydrogen-bond donors (Lipinski definition) is 0. The Morgan fingerprint density at radius 1 is 0.963 bits per heavy atom. The number of nitrogens with zero attached hydrogens (tertiary/aromatic N) is 3. The third kappa shape index (κ3) is 5.92. The zero-order chi connectivity index (χ0) is 19.1. The molecule has 6 nitrogen and oxygen atoms in total. The molecule has 0 saturated carbocycles. The van der Waals surface area contributed by atoms with Gasteiger partial charge in [0.2, 0.25) is 11.8 Å². The number of carbonyl (C=O) groups excluding carboxylic acids is 2. The van der Waals surface area contributed by atoms with E-state index in [0.29, 0.717) is 44.8 Å². The molecule has 0 unspecified atom stereocenters. The second-order valence-electron chi connectivity index (χ2n) is 7.15. The van der Waals surface area contributed by atoms with Gasteiger partial charge in [0.25, 0.3) is 0 Å². The van der Waals surface area contributed by atoms with Crippen LogP contribution in [0.5, 0.6) is 5.75 Å². The molecule has 0 N–H and O–H groups in total. The lowest BCUT2D eigenvalue weighted by Crippen LogP contribution is -2.51. The highest BCUT2D eigenvalue weighted by Gasteiger charge is 2.25. The van der Waals surface area contributed by atoms with Gasteiger partial charge in [0, 0.05) is 51.8 Å². The normalized spacial score (nSPS) is 18.0. The maximum Gasteiger partial charge on any atom is 0.236 e. The highest BCUT2D eigenvalue weighted by molar-refractivity contribution is 5.78. The van der Waals surface area contributed by atoms with Gasteiger partial charge in [0.1, 0.15) is 11.6 Å². The van der Waals surface area contributed by atoms with Gasteiger partial charge < -0.3 is 14.5 Å². The van der Waals surface area contributed by atoms with Crippen LogP contribution in [0.2, 0.25) is 0 Å². The Labute approximate surface area is 159 Å². The Kier molecular flexibility index (Phi) is 7.04. The molecule has 1 aromatic rings. The molecule has 0 spiro atoms. The van der Waals surface area contributed by atoms with Gasteiger partial charge in [-0.1, -0.05) is 6.07 Å². The Morgan fingerprint density at radius 2 is 1.67 bits per heavy atom. The van der Waals surface area contributed by atoms with E-state index < -0.39 is 0 Å². The molecule has 0 bridgehead atoms. The minimum absolute atomic E-state index is 0.114. The smallest absolute Gasteiger partial charge is 0.236 e. The highest BCUT2D eigenvalue weighted by atomic mass is 19.1. The summed E-state index contributed by atoms with van der Waals surface area (Å²) in [6.07, 6.45) is 3.24. The third-order valence-corrected chi connectivity index (χ3v) is 5.14. The van der Waals surface area contributed by atoms with Crippen molar-refractivity contribution in [2.75, 3.05) is 52.4 Å². The fourth-order valence-corrected chi connectivity index (χ4v) is 3.54. The minimum atomic E-state index is -0.329. The van der Waals surface area contributed by atoms with Gasteiger partial charge in [0.05, 0.1) is 13.2 Å². The van der Waals surface area contributed by atoms with Crippen molar-refractivity contribution in [1.82, 2.24) is 14.7 Å². The van der Waals surface area contributed by atoms with Crippen molar-refractivity contribution in [3.63, 3.8) is 0 Å². The van der Waals surface area contributed by atoms with Crippen LogP contribution < -0.4 is 4.74 Å². The van der Waals surface area contributed by atoms with Crippen molar-refractivity contribution < 1.29 is 18.7 Å². The molecule has 2 aliphatic heterocycles. The van der Waals surface area contributed by atoms with Crippen molar-refractivity contribution >= 4 is 11.8 Å². The van der Waals surface area contributed by atoms with E-state index in [1.165, 1.54) is 12.1 Å². The summed E-state index contributed by atoms with van der Waals surface area (Å²) in [4.78, 5) is 30.5. The van der Waals surface area contributed by atoms with E-state index in [4.69, 9.17) is 4.74 Å². The lowest BCUT2D eigenvalue weighted by atomic mass is 10.2. The Bertz CT molecular complexity index is 641. The van der Waals surface area contributed by atoms with Crippen molar-refractivity contribution in [3.05, 3.63) is 30.1 Å². The Morgan fingerprint density at radius 3 is 2.37 bits per heavy atom. The van der Waals surface area contributed by atoms with E-state index in [1.807, 2.05) is 9.80 Å². The molecule has 148 valence electrons. The Balaban J connectivity index is 1.30. The first kappa shape index (κ1) is 19.6. The molecular formula is C20H28FN3O3. The molecule has 0 aromatic heterocycles. The molecule has 0 radical (unpaired) electrons. The quantitative estimate of drug-likeness (QED) is 0.680. The maximum absolute atomic E-state index is 13.1. The average Bonchev–Trinajstić information content (AvgIpc) is 3.21. The molecule has 3 rings (SSSR count). The average molecular weight is 377 g/mol. The topological polar surface area (TPSA) is 53.1 Å². The van der Waals surface area contributed by atoms with Crippen LogP contribution in [0.1, 0.15) is 25.7 Å². The molecular weight excluding hydrogens is 349 g/mol. The van der Waals surface area contributed by atoms with E-state index in [1.54, 1.807) is 12.1 Å². The SMILES string of the molecule is O=C(CCCOc1cccc(F)c1)N1CCN(CC(=O)N2CCCC2)CC1. The summed E-state index contributed by atoms with van der Waals surface area (Å²) in [5, 5.41) is 0. The first-order valence-corrected chi connectivity index (χ1v) is 9.78. The number of rotatable bonds is 7. The second-order valence-corrected chi connectivity index (χ2v) is 7.15. The highest BCUT2D eigenvalue weighted by Crippen LogP contribution is 2.13. The molecule has 1 aromatic carbocycles. The van der Waals surface area contributed by atoms with Crippen LogP contribution in [0.25, 0.3) is 0 Å². The van der Waals surface area contributed by atoms with Crippen molar-refractivity contribution in [2.45, 2.75) is 25.7 Å². The molecule has 2 aliphatic rings. The van der Waals surface area contributed by atoms with Gasteiger partial charge in [-0.05, 0) is 31.4 Å². The van der Waals surface area contributed by atoms with Crippen LogP contribution in [0.3, 0.4) is 0 Å². The lowest BCUT2D eigenvalue weighted by Gasteiger charge is -2.35. The molecule has 0 atom stereocenters. The lowest BCUT2D eigenvalue weighted by molar-refractivity contribution is -0.134. The number of ether oxygens (including phenoxy) is 1. The molecule has 2 fully saturated rings. The zero-order valence-electron chi connectivity index (χ0n) is 15.7. The molecule has 0 aliphatic carbocycles. The summed E-state index contributed by atoms with van der Waals surface area (Å²) >= 11 is 0. The molecule has 2 saturated heterocycles. The van der Waals surface area contributed by atoms with E-state index in [0.717, 1.165) is 39.0 Å². The van der Waals surface area contributed by atoms with Crippen LogP contribution >= 0.6 is 0 Å². The predicted octanol–water partition coefficient (Wildman–Crippen LogP) is 1.75. The van der Waals surface area contributed by atoms with Gasteiger partial charge in [-0.2, -0.15) is 0 Å². The van der Waals surface area contributed by atoms with Gasteiger partial charge in [-0.15, -0.1) is 0 Å². The number of carbonyl (C=O) groups is 2. The van der Waals surface area contributed by atoms with Crippen molar-refractivity contribution in [2.24, 2.45) is 0 Å². The summed E-state index contributed by atoms with van der Waals surface area (Å²) in [5.74, 6) is 0.480. The van der Waals surface area contributed by atoms with E-state index in [9.17, 15) is 14.0 Å². The molecule has 7 heteroatoms. The van der Waals surface area contributed by atoms with E-state index in [-0.39, 0.29) is 17.6 Å². The first-order chi connectivity index (χ1) is 13.1. The van der Waals surface area contributed by atoms with Gasteiger partial charge in [0.15, 0.2) is 0 Å². The summed E-state index contributed by atoms with van der Waals surface area (Å²) in [7, 11) is 0. The van der Waals surface area contributed by atoms with Crippen LogP contribution in [0.4, 0.5) is 4.39 Å². The summed E-state index contributed by atoms with van der Waals surface area (Å²) in [6.45, 7) is 5.43. The van der Waals surface area contributed by atoms with Gasteiger partial charge in [-0.3, -0.25) is 14.5 Å².